The van der Waals surface area contributed by atoms with Gasteiger partial charge >= 0.3 is 5.69 Å². The van der Waals surface area contributed by atoms with E-state index < -0.39 is 0 Å². The first kappa shape index (κ1) is 19.0. The molecular weight excluding hydrogens is 376 g/mol. The van der Waals surface area contributed by atoms with Crippen LogP contribution in [0.15, 0.2) is 35.3 Å². The summed E-state index contributed by atoms with van der Waals surface area (Å²) in [5.41, 5.74) is 4.24. The number of halogens is 1. The normalized spacial score (nSPS) is 14.7. The molecule has 3 aromatic rings. The maximum atomic E-state index is 12.5. The van der Waals surface area contributed by atoms with Gasteiger partial charge in [0, 0.05) is 37.1 Å². The van der Waals surface area contributed by atoms with Crippen LogP contribution in [0.5, 0.6) is 0 Å². The predicted octanol–water partition coefficient (Wildman–Crippen LogP) is 4.07. The number of nitrogens with one attached hydrogen (secondary N) is 1. The van der Waals surface area contributed by atoms with E-state index in [0.29, 0.717) is 17.2 Å². The second kappa shape index (κ2) is 8.37. The summed E-state index contributed by atoms with van der Waals surface area (Å²) in [5.74, 6) is 0. The van der Waals surface area contributed by atoms with Crippen LogP contribution >= 0.6 is 11.6 Å². The van der Waals surface area contributed by atoms with Crippen LogP contribution in [0.1, 0.15) is 26.2 Å². The van der Waals surface area contributed by atoms with Gasteiger partial charge in [0.2, 0.25) is 0 Å². The van der Waals surface area contributed by atoms with E-state index in [4.69, 9.17) is 16.3 Å². The monoisotopic (exact) mass is 400 g/mol. The summed E-state index contributed by atoms with van der Waals surface area (Å²) in [7, 11) is 0. The van der Waals surface area contributed by atoms with Crippen molar-refractivity contribution in [2.24, 2.45) is 0 Å². The summed E-state index contributed by atoms with van der Waals surface area (Å²) in [4.78, 5) is 22.0. The van der Waals surface area contributed by atoms with E-state index in [2.05, 4.69) is 46.1 Å². The molecule has 0 unspecified atom stereocenters. The Morgan fingerprint density at radius 1 is 1.18 bits per heavy atom. The SMILES string of the molecule is CCCCCn1c(=O)[nH]c2ncc(Cl)c(-c3ccc(N4CCOCC4)cc3)c21. The molecule has 148 valence electrons. The van der Waals surface area contributed by atoms with Crippen molar-refractivity contribution in [3.8, 4) is 11.1 Å². The zero-order valence-electron chi connectivity index (χ0n) is 16.1. The number of hydrogen-bond acceptors (Lipinski definition) is 4. The Kier molecular flexibility index (Phi) is 5.69. The molecule has 0 atom stereocenters. The van der Waals surface area contributed by atoms with Gasteiger partial charge in [0.1, 0.15) is 0 Å². The number of unbranched alkanes of at least 4 members (excludes halogenated alkanes) is 2. The van der Waals surface area contributed by atoms with Crippen LogP contribution in [0.3, 0.4) is 0 Å². The van der Waals surface area contributed by atoms with Crippen molar-refractivity contribution in [2.75, 3.05) is 31.2 Å². The number of fused-ring (bicyclic) bond motifs is 1. The second-order valence-electron chi connectivity index (χ2n) is 7.11. The molecule has 0 amide bonds. The number of nitrogens with zero attached hydrogens (tertiary/aromatic N) is 3. The highest BCUT2D eigenvalue weighted by Crippen LogP contribution is 2.34. The molecule has 6 nitrogen and oxygen atoms in total. The minimum absolute atomic E-state index is 0.132. The van der Waals surface area contributed by atoms with Crippen LogP contribution in [-0.2, 0) is 11.3 Å². The number of aromatic amines is 1. The molecular formula is C21H25ClN4O2. The number of aromatic nitrogens is 3. The number of H-pyrrole nitrogens is 1. The number of anilines is 1. The smallest absolute Gasteiger partial charge is 0.327 e. The second-order valence-corrected chi connectivity index (χ2v) is 7.52. The molecule has 0 radical (unpaired) electrons. The lowest BCUT2D eigenvalue weighted by Crippen LogP contribution is -2.36. The molecule has 7 heteroatoms. The number of morpholine rings is 1. The Morgan fingerprint density at radius 3 is 2.64 bits per heavy atom. The topological polar surface area (TPSA) is 63.2 Å². The molecule has 3 heterocycles. The molecule has 1 aliphatic rings. The highest BCUT2D eigenvalue weighted by atomic mass is 35.5. The molecule has 1 N–H and O–H groups in total. The molecule has 1 saturated heterocycles. The predicted molar refractivity (Wildman–Crippen MR) is 113 cm³/mol. The number of aryl methyl sites for hydroxylation is 1. The number of pyridine rings is 1. The Labute approximate surface area is 169 Å². The molecule has 2 aromatic heterocycles. The van der Waals surface area contributed by atoms with Crippen LogP contribution in [0, 0.1) is 0 Å². The Bertz CT molecular complexity index is 1000. The van der Waals surface area contributed by atoms with E-state index in [0.717, 1.165) is 62.2 Å². The van der Waals surface area contributed by atoms with Gasteiger partial charge in [0.15, 0.2) is 5.65 Å². The summed E-state index contributed by atoms with van der Waals surface area (Å²) in [6.07, 6.45) is 4.75. The molecule has 0 saturated carbocycles. The summed E-state index contributed by atoms with van der Waals surface area (Å²) in [6.45, 7) is 6.12. The average molecular weight is 401 g/mol. The lowest BCUT2D eigenvalue weighted by molar-refractivity contribution is 0.122. The van der Waals surface area contributed by atoms with Crippen LogP contribution < -0.4 is 10.6 Å². The maximum absolute atomic E-state index is 12.5. The Hall–Kier alpha value is -2.31. The van der Waals surface area contributed by atoms with Crippen LogP contribution in [-0.4, -0.2) is 40.8 Å². The minimum atomic E-state index is -0.132. The van der Waals surface area contributed by atoms with Crippen molar-refractivity contribution in [3.05, 3.63) is 46.0 Å². The van der Waals surface area contributed by atoms with Gasteiger partial charge in [0.05, 0.1) is 23.8 Å². The first-order chi connectivity index (χ1) is 13.7. The van der Waals surface area contributed by atoms with Gasteiger partial charge in [0.25, 0.3) is 0 Å². The molecule has 1 aromatic carbocycles. The third-order valence-electron chi connectivity index (χ3n) is 5.26. The Balaban J connectivity index is 1.74. The van der Waals surface area contributed by atoms with Crippen molar-refractivity contribution in [1.29, 1.82) is 0 Å². The fraction of sp³-hybridized carbons (Fsp3) is 0.429. The molecule has 28 heavy (non-hydrogen) atoms. The van der Waals surface area contributed by atoms with Crippen molar-refractivity contribution < 1.29 is 4.74 Å². The van der Waals surface area contributed by atoms with E-state index in [1.807, 2.05) is 0 Å². The van der Waals surface area contributed by atoms with Crippen LogP contribution in [0.25, 0.3) is 22.3 Å². The summed E-state index contributed by atoms with van der Waals surface area (Å²) in [6, 6.07) is 8.35. The van der Waals surface area contributed by atoms with Crippen molar-refractivity contribution in [3.63, 3.8) is 0 Å². The van der Waals surface area contributed by atoms with Crippen LogP contribution in [0.4, 0.5) is 5.69 Å². The standard InChI is InChI=1S/C21H25ClN4O2/c1-2-3-4-9-26-19-18(17(22)14-23-20(19)24-21(26)27)15-5-7-16(8-6-15)25-10-12-28-13-11-25/h5-8,14H,2-4,9-13H2,1H3,(H,23,24,27). The average Bonchev–Trinajstić information content (AvgIpc) is 3.04. The summed E-state index contributed by atoms with van der Waals surface area (Å²) < 4.78 is 7.20. The third-order valence-corrected chi connectivity index (χ3v) is 5.55. The third kappa shape index (κ3) is 3.66. The fourth-order valence-corrected chi connectivity index (χ4v) is 4.02. The quantitative estimate of drug-likeness (QED) is 0.633. The molecule has 1 fully saturated rings. The summed E-state index contributed by atoms with van der Waals surface area (Å²) >= 11 is 6.55. The number of hydrogen-bond donors (Lipinski definition) is 1. The maximum Gasteiger partial charge on any atom is 0.327 e. The summed E-state index contributed by atoms with van der Waals surface area (Å²) in [5, 5.41) is 0.551. The first-order valence-electron chi connectivity index (χ1n) is 9.89. The van der Waals surface area contributed by atoms with E-state index in [1.165, 1.54) is 5.69 Å². The van der Waals surface area contributed by atoms with Gasteiger partial charge in [-0.1, -0.05) is 43.5 Å². The van der Waals surface area contributed by atoms with Gasteiger partial charge in [-0.15, -0.1) is 0 Å². The molecule has 4 rings (SSSR count). The molecule has 0 aliphatic carbocycles. The zero-order valence-corrected chi connectivity index (χ0v) is 16.8. The number of imidazole rings is 1. The number of ether oxygens (including phenoxy) is 1. The fourth-order valence-electron chi connectivity index (χ4n) is 3.77. The highest BCUT2D eigenvalue weighted by Gasteiger charge is 2.18. The highest BCUT2D eigenvalue weighted by molar-refractivity contribution is 6.34. The van der Waals surface area contributed by atoms with E-state index in [1.54, 1.807) is 10.8 Å². The molecule has 1 aliphatic heterocycles. The van der Waals surface area contributed by atoms with E-state index in [-0.39, 0.29) is 5.69 Å². The zero-order chi connectivity index (χ0) is 19.5. The molecule has 0 bridgehead atoms. The van der Waals surface area contributed by atoms with Gasteiger partial charge in [-0.2, -0.15) is 0 Å². The van der Waals surface area contributed by atoms with Crippen LogP contribution in [0.2, 0.25) is 5.02 Å². The first-order valence-corrected chi connectivity index (χ1v) is 10.3. The minimum Gasteiger partial charge on any atom is -0.378 e. The van der Waals surface area contributed by atoms with E-state index >= 15 is 0 Å². The number of rotatable bonds is 6. The van der Waals surface area contributed by atoms with Gasteiger partial charge in [-0.3, -0.25) is 9.55 Å². The van der Waals surface area contributed by atoms with Crippen molar-refractivity contribution in [1.82, 2.24) is 14.5 Å². The lowest BCUT2D eigenvalue weighted by atomic mass is 10.0. The molecule has 0 spiro atoms. The van der Waals surface area contributed by atoms with Crippen molar-refractivity contribution in [2.45, 2.75) is 32.7 Å². The Morgan fingerprint density at radius 2 is 1.93 bits per heavy atom. The van der Waals surface area contributed by atoms with Gasteiger partial charge < -0.3 is 9.64 Å². The van der Waals surface area contributed by atoms with Crippen molar-refractivity contribution >= 4 is 28.5 Å². The van der Waals surface area contributed by atoms with Gasteiger partial charge in [-0.25, -0.2) is 9.78 Å². The van der Waals surface area contributed by atoms with Gasteiger partial charge in [-0.05, 0) is 24.1 Å². The largest absolute Gasteiger partial charge is 0.378 e. The number of benzene rings is 1. The lowest BCUT2D eigenvalue weighted by Gasteiger charge is -2.29. The van der Waals surface area contributed by atoms with E-state index in [9.17, 15) is 4.79 Å².